The largest absolute Gasteiger partial charge is 0.367 e. The van der Waals surface area contributed by atoms with Crippen LogP contribution in [0, 0.1) is 6.92 Å². The standard InChI is InChI=1S/C15H19N3/c1-11-6-5-9-13-14(11)15(17-10-16-13)18-12-7-3-2-4-8-12/h5-6,9-10,12H,2-4,7-8H2,1H3,(H,16,17,18). The maximum absolute atomic E-state index is 4.44. The summed E-state index contributed by atoms with van der Waals surface area (Å²) in [6.45, 7) is 2.12. The summed E-state index contributed by atoms with van der Waals surface area (Å²) in [5.74, 6) is 1.00. The van der Waals surface area contributed by atoms with Gasteiger partial charge in [0.2, 0.25) is 0 Å². The van der Waals surface area contributed by atoms with Gasteiger partial charge in [0.1, 0.15) is 12.1 Å². The van der Waals surface area contributed by atoms with E-state index in [0.717, 1.165) is 11.3 Å². The van der Waals surface area contributed by atoms with Crippen molar-refractivity contribution in [2.75, 3.05) is 5.32 Å². The van der Waals surface area contributed by atoms with Crippen molar-refractivity contribution < 1.29 is 0 Å². The van der Waals surface area contributed by atoms with E-state index in [1.54, 1.807) is 6.33 Å². The molecule has 1 aromatic heterocycles. The molecule has 0 saturated heterocycles. The Labute approximate surface area is 108 Å². The van der Waals surface area contributed by atoms with Gasteiger partial charge in [0, 0.05) is 11.4 Å². The van der Waals surface area contributed by atoms with E-state index in [9.17, 15) is 0 Å². The van der Waals surface area contributed by atoms with Crippen molar-refractivity contribution in [1.29, 1.82) is 0 Å². The van der Waals surface area contributed by atoms with Gasteiger partial charge in [-0.25, -0.2) is 9.97 Å². The summed E-state index contributed by atoms with van der Waals surface area (Å²) in [7, 11) is 0. The summed E-state index contributed by atoms with van der Waals surface area (Å²) in [6, 6.07) is 6.81. The third kappa shape index (κ3) is 2.17. The monoisotopic (exact) mass is 241 g/mol. The van der Waals surface area contributed by atoms with Crippen LogP contribution in [0.15, 0.2) is 24.5 Å². The molecule has 0 spiro atoms. The first-order chi connectivity index (χ1) is 8.84. The van der Waals surface area contributed by atoms with E-state index >= 15 is 0 Å². The summed E-state index contributed by atoms with van der Waals surface area (Å²) in [4.78, 5) is 8.78. The average molecular weight is 241 g/mol. The van der Waals surface area contributed by atoms with Gasteiger partial charge in [0.25, 0.3) is 0 Å². The van der Waals surface area contributed by atoms with Gasteiger partial charge in [-0.1, -0.05) is 31.4 Å². The number of hydrogen-bond acceptors (Lipinski definition) is 3. The highest BCUT2D eigenvalue weighted by atomic mass is 15.0. The topological polar surface area (TPSA) is 37.8 Å². The number of benzene rings is 1. The second kappa shape index (κ2) is 4.92. The molecule has 3 rings (SSSR count). The van der Waals surface area contributed by atoms with Crippen molar-refractivity contribution in [2.45, 2.75) is 45.1 Å². The number of fused-ring (bicyclic) bond motifs is 1. The maximum atomic E-state index is 4.44. The third-order valence-corrected chi connectivity index (χ3v) is 3.82. The van der Waals surface area contributed by atoms with Crippen LogP contribution in [0.25, 0.3) is 10.9 Å². The van der Waals surface area contributed by atoms with E-state index in [0.29, 0.717) is 6.04 Å². The van der Waals surface area contributed by atoms with Crippen LogP contribution in [-0.2, 0) is 0 Å². The molecule has 1 heterocycles. The molecule has 1 saturated carbocycles. The number of nitrogens with zero attached hydrogens (tertiary/aromatic N) is 2. The Balaban J connectivity index is 1.95. The minimum atomic E-state index is 0.580. The Hall–Kier alpha value is -1.64. The van der Waals surface area contributed by atoms with Gasteiger partial charge in [-0.3, -0.25) is 0 Å². The third-order valence-electron chi connectivity index (χ3n) is 3.82. The molecule has 94 valence electrons. The molecule has 1 aliphatic carbocycles. The molecule has 0 aliphatic heterocycles. The molecule has 1 N–H and O–H groups in total. The molecule has 3 heteroatoms. The molecule has 1 aliphatic rings. The Morgan fingerprint density at radius 2 is 1.94 bits per heavy atom. The predicted octanol–water partition coefficient (Wildman–Crippen LogP) is 3.68. The Kier molecular flexibility index (Phi) is 3.13. The van der Waals surface area contributed by atoms with Crippen molar-refractivity contribution in [3.63, 3.8) is 0 Å². The number of nitrogens with one attached hydrogen (secondary N) is 1. The van der Waals surface area contributed by atoms with Crippen LogP contribution in [0.3, 0.4) is 0 Å². The molecule has 18 heavy (non-hydrogen) atoms. The van der Waals surface area contributed by atoms with Crippen LogP contribution in [-0.4, -0.2) is 16.0 Å². The summed E-state index contributed by atoms with van der Waals surface area (Å²) in [6.07, 6.45) is 8.22. The van der Waals surface area contributed by atoms with Gasteiger partial charge in [-0.2, -0.15) is 0 Å². The highest BCUT2D eigenvalue weighted by Crippen LogP contribution is 2.26. The minimum Gasteiger partial charge on any atom is -0.367 e. The Bertz CT molecular complexity index is 539. The first-order valence-corrected chi connectivity index (χ1v) is 6.81. The number of aromatic nitrogens is 2. The molecule has 1 fully saturated rings. The smallest absolute Gasteiger partial charge is 0.137 e. The van der Waals surface area contributed by atoms with Gasteiger partial charge >= 0.3 is 0 Å². The fourth-order valence-corrected chi connectivity index (χ4v) is 2.83. The quantitative estimate of drug-likeness (QED) is 0.871. The number of aryl methyl sites for hydroxylation is 1. The Morgan fingerprint density at radius 1 is 1.11 bits per heavy atom. The molecule has 0 bridgehead atoms. The molecule has 1 aromatic carbocycles. The highest BCUT2D eigenvalue weighted by Gasteiger charge is 2.15. The van der Waals surface area contributed by atoms with Gasteiger partial charge < -0.3 is 5.32 Å². The normalized spacial score (nSPS) is 16.9. The summed E-state index contributed by atoms with van der Waals surface area (Å²) in [5, 5.41) is 4.79. The van der Waals surface area contributed by atoms with Gasteiger partial charge in [-0.15, -0.1) is 0 Å². The summed E-state index contributed by atoms with van der Waals surface area (Å²) in [5.41, 5.74) is 2.27. The van der Waals surface area contributed by atoms with Crippen LogP contribution < -0.4 is 5.32 Å². The number of rotatable bonds is 2. The highest BCUT2D eigenvalue weighted by molar-refractivity contribution is 5.91. The first-order valence-electron chi connectivity index (χ1n) is 6.81. The number of hydrogen-bond donors (Lipinski definition) is 1. The molecule has 2 aromatic rings. The van der Waals surface area contributed by atoms with Gasteiger partial charge in [0.05, 0.1) is 5.52 Å². The van der Waals surface area contributed by atoms with Crippen molar-refractivity contribution in [2.24, 2.45) is 0 Å². The molecule has 3 nitrogen and oxygen atoms in total. The fourth-order valence-electron chi connectivity index (χ4n) is 2.83. The van der Waals surface area contributed by atoms with E-state index in [-0.39, 0.29) is 0 Å². The van der Waals surface area contributed by atoms with E-state index < -0.39 is 0 Å². The predicted molar refractivity (Wildman–Crippen MR) is 74.8 cm³/mol. The zero-order valence-corrected chi connectivity index (χ0v) is 10.8. The lowest BCUT2D eigenvalue weighted by molar-refractivity contribution is 0.462. The zero-order valence-electron chi connectivity index (χ0n) is 10.8. The van der Waals surface area contributed by atoms with Crippen molar-refractivity contribution in [3.05, 3.63) is 30.1 Å². The first kappa shape index (κ1) is 11.5. The second-order valence-electron chi connectivity index (χ2n) is 5.17. The average Bonchev–Trinajstić information content (AvgIpc) is 2.40. The van der Waals surface area contributed by atoms with E-state index in [4.69, 9.17) is 0 Å². The van der Waals surface area contributed by atoms with E-state index in [2.05, 4.69) is 40.4 Å². The maximum Gasteiger partial charge on any atom is 0.137 e. The Morgan fingerprint density at radius 3 is 2.78 bits per heavy atom. The van der Waals surface area contributed by atoms with Gasteiger partial charge in [0.15, 0.2) is 0 Å². The van der Waals surface area contributed by atoms with E-state index in [1.165, 1.54) is 43.1 Å². The van der Waals surface area contributed by atoms with Crippen molar-refractivity contribution in [3.8, 4) is 0 Å². The van der Waals surface area contributed by atoms with Crippen LogP contribution in [0.2, 0.25) is 0 Å². The van der Waals surface area contributed by atoms with Crippen LogP contribution in [0.1, 0.15) is 37.7 Å². The molecule has 0 unspecified atom stereocenters. The van der Waals surface area contributed by atoms with Crippen LogP contribution in [0.5, 0.6) is 0 Å². The van der Waals surface area contributed by atoms with Crippen LogP contribution in [0.4, 0.5) is 5.82 Å². The molecule has 0 atom stereocenters. The molecular weight excluding hydrogens is 222 g/mol. The summed E-state index contributed by atoms with van der Waals surface area (Å²) >= 11 is 0. The second-order valence-corrected chi connectivity index (χ2v) is 5.17. The van der Waals surface area contributed by atoms with E-state index in [1.807, 2.05) is 0 Å². The van der Waals surface area contributed by atoms with Gasteiger partial charge in [-0.05, 0) is 31.4 Å². The van der Waals surface area contributed by atoms with Crippen LogP contribution >= 0.6 is 0 Å². The van der Waals surface area contributed by atoms with Crippen molar-refractivity contribution in [1.82, 2.24) is 9.97 Å². The van der Waals surface area contributed by atoms with Crippen molar-refractivity contribution >= 4 is 16.7 Å². The summed E-state index contributed by atoms with van der Waals surface area (Å²) < 4.78 is 0. The number of anilines is 1. The lowest BCUT2D eigenvalue weighted by Crippen LogP contribution is -2.23. The fraction of sp³-hybridized carbons (Fsp3) is 0.467. The minimum absolute atomic E-state index is 0.580. The lowest BCUT2D eigenvalue weighted by atomic mass is 9.95. The SMILES string of the molecule is Cc1cccc2ncnc(NC3CCCCC3)c12. The zero-order chi connectivity index (χ0) is 12.4. The molecule has 0 radical (unpaired) electrons. The lowest BCUT2D eigenvalue weighted by Gasteiger charge is -2.24. The molecule has 0 amide bonds. The molecular formula is C15H19N3.